The first kappa shape index (κ1) is 23.1. The molecule has 2 atom stereocenters. The summed E-state index contributed by atoms with van der Waals surface area (Å²) in [5.74, 6) is 0.566. The molecule has 1 heterocycles. The SMILES string of the molecule is O=Cc1c(NC(C2CC2)C(c2cccc3ccccc23)c2c[nH]c3cc(Cl)ccc23)ccc2ccccc12. The number of nitrogens with one attached hydrogen (secondary N) is 2. The highest BCUT2D eigenvalue weighted by atomic mass is 35.5. The van der Waals surface area contributed by atoms with Gasteiger partial charge in [0.25, 0.3) is 0 Å². The molecular formula is C34H27ClN2O. The molecule has 5 aromatic carbocycles. The minimum atomic E-state index is 0.0643. The zero-order valence-corrected chi connectivity index (χ0v) is 21.6. The van der Waals surface area contributed by atoms with E-state index in [9.17, 15) is 4.79 Å². The van der Waals surface area contributed by atoms with Gasteiger partial charge in [-0.15, -0.1) is 0 Å². The molecular weight excluding hydrogens is 488 g/mol. The van der Waals surface area contributed by atoms with Crippen LogP contribution in [0.2, 0.25) is 5.02 Å². The summed E-state index contributed by atoms with van der Waals surface area (Å²) in [6, 6.07) is 33.7. The summed E-state index contributed by atoms with van der Waals surface area (Å²) in [7, 11) is 0. The van der Waals surface area contributed by atoms with E-state index in [1.165, 1.54) is 27.3 Å². The maximum atomic E-state index is 12.4. The van der Waals surface area contributed by atoms with Crippen molar-refractivity contribution in [3.63, 3.8) is 0 Å². The second-order valence-corrected chi connectivity index (χ2v) is 10.8. The maximum Gasteiger partial charge on any atom is 0.152 e. The number of hydrogen-bond donors (Lipinski definition) is 2. The van der Waals surface area contributed by atoms with Gasteiger partial charge in [0.05, 0.1) is 0 Å². The molecule has 0 saturated heterocycles. The maximum absolute atomic E-state index is 12.4. The first-order chi connectivity index (χ1) is 18.7. The van der Waals surface area contributed by atoms with Crippen LogP contribution in [0.3, 0.4) is 0 Å². The topological polar surface area (TPSA) is 44.9 Å². The fourth-order valence-corrected chi connectivity index (χ4v) is 6.28. The van der Waals surface area contributed by atoms with Crippen LogP contribution in [0.5, 0.6) is 0 Å². The van der Waals surface area contributed by atoms with Gasteiger partial charge in [0, 0.05) is 45.3 Å². The van der Waals surface area contributed by atoms with Crippen molar-refractivity contribution in [2.45, 2.75) is 24.8 Å². The summed E-state index contributed by atoms with van der Waals surface area (Å²) >= 11 is 6.35. The Morgan fingerprint density at radius 2 is 1.53 bits per heavy atom. The smallest absolute Gasteiger partial charge is 0.152 e. The number of aldehydes is 1. The third-order valence-electron chi connectivity index (χ3n) is 8.07. The Morgan fingerprint density at radius 3 is 2.32 bits per heavy atom. The average Bonchev–Trinajstić information content (AvgIpc) is 3.72. The van der Waals surface area contributed by atoms with Gasteiger partial charge in [0.15, 0.2) is 6.29 Å². The van der Waals surface area contributed by atoms with Gasteiger partial charge in [-0.25, -0.2) is 0 Å². The summed E-state index contributed by atoms with van der Waals surface area (Å²) in [6.45, 7) is 0. The molecule has 0 radical (unpaired) electrons. The second-order valence-electron chi connectivity index (χ2n) is 10.4. The molecule has 3 nitrogen and oxygen atoms in total. The molecule has 1 saturated carbocycles. The molecule has 0 amide bonds. The van der Waals surface area contributed by atoms with E-state index in [2.05, 4.69) is 83.2 Å². The molecule has 1 fully saturated rings. The van der Waals surface area contributed by atoms with E-state index in [4.69, 9.17) is 11.6 Å². The number of anilines is 1. The first-order valence-electron chi connectivity index (χ1n) is 13.2. The van der Waals surface area contributed by atoms with Crippen molar-refractivity contribution in [1.82, 2.24) is 4.98 Å². The number of rotatable bonds is 7. The van der Waals surface area contributed by atoms with Crippen LogP contribution < -0.4 is 5.32 Å². The fraction of sp³-hybridized carbons (Fsp3) is 0.147. The molecule has 1 aliphatic carbocycles. The average molecular weight is 515 g/mol. The molecule has 4 heteroatoms. The van der Waals surface area contributed by atoms with Crippen LogP contribution in [0, 0.1) is 5.92 Å². The minimum absolute atomic E-state index is 0.0643. The number of aromatic amines is 1. The van der Waals surface area contributed by atoms with Crippen LogP contribution >= 0.6 is 11.6 Å². The molecule has 38 heavy (non-hydrogen) atoms. The van der Waals surface area contributed by atoms with E-state index >= 15 is 0 Å². The predicted octanol–water partition coefficient (Wildman–Crippen LogP) is 8.96. The predicted molar refractivity (Wildman–Crippen MR) is 159 cm³/mol. The molecule has 6 aromatic rings. The molecule has 1 aliphatic rings. The van der Waals surface area contributed by atoms with E-state index in [1.807, 2.05) is 30.3 Å². The van der Waals surface area contributed by atoms with Crippen LogP contribution in [-0.4, -0.2) is 17.3 Å². The molecule has 0 bridgehead atoms. The number of carbonyl (C=O) groups is 1. The van der Waals surface area contributed by atoms with Gasteiger partial charge in [-0.05, 0) is 69.6 Å². The number of carbonyl (C=O) groups excluding carboxylic acids is 1. The van der Waals surface area contributed by atoms with Crippen molar-refractivity contribution in [2.24, 2.45) is 5.92 Å². The highest BCUT2D eigenvalue weighted by molar-refractivity contribution is 6.31. The Balaban J connectivity index is 1.44. The van der Waals surface area contributed by atoms with Gasteiger partial charge in [0.1, 0.15) is 0 Å². The van der Waals surface area contributed by atoms with Gasteiger partial charge in [0.2, 0.25) is 0 Å². The highest BCUT2D eigenvalue weighted by Crippen LogP contribution is 2.47. The summed E-state index contributed by atoms with van der Waals surface area (Å²) in [5, 5.41) is 10.3. The third-order valence-corrected chi connectivity index (χ3v) is 8.30. The summed E-state index contributed by atoms with van der Waals surface area (Å²) in [6.07, 6.45) is 5.47. The lowest BCUT2D eigenvalue weighted by Gasteiger charge is -2.31. The molecule has 2 N–H and O–H groups in total. The van der Waals surface area contributed by atoms with Gasteiger partial charge in [-0.1, -0.05) is 90.5 Å². The molecule has 2 unspecified atom stereocenters. The van der Waals surface area contributed by atoms with E-state index in [-0.39, 0.29) is 12.0 Å². The monoisotopic (exact) mass is 514 g/mol. The summed E-state index contributed by atoms with van der Waals surface area (Å²) < 4.78 is 0. The summed E-state index contributed by atoms with van der Waals surface area (Å²) in [5.41, 5.74) is 5.18. The largest absolute Gasteiger partial charge is 0.380 e. The quantitative estimate of drug-likeness (QED) is 0.209. The lowest BCUT2D eigenvalue weighted by molar-refractivity contribution is 0.112. The standard InChI is InChI=1S/C34H27ClN2O/c35-24-15-16-27-29(19-36-32(27)18-24)33(28-11-5-8-21-6-1-3-9-25(21)28)34(23-12-13-23)37-31-17-14-22-7-2-4-10-26(22)30(31)20-38/h1-11,14-20,23,33-34,36-37H,12-13H2. The van der Waals surface area contributed by atoms with Crippen LogP contribution in [0.25, 0.3) is 32.4 Å². The van der Waals surface area contributed by atoms with E-state index in [0.717, 1.165) is 51.7 Å². The van der Waals surface area contributed by atoms with Crippen LogP contribution in [0.4, 0.5) is 5.69 Å². The van der Waals surface area contributed by atoms with Gasteiger partial charge in [-0.2, -0.15) is 0 Å². The zero-order chi connectivity index (χ0) is 25.6. The first-order valence-corrected chi connectivity index (χ1v) is 13.6. The van der Waals surface area contributed by atoms with Crippen LogP contribution in [0.15, 0.2) is 103 Å². The molecule has 0 aliphatic heterocycles. The van der Waals surface area contributed by atoms with Crippen molar-refractivity contribution in [2.75, 3.05) is 5.32 Å². The van der Waals surface area contributed by atoms with E-state index < -0.39 is 0 Å². The molecule has 1 aromatic heterocycles. The van der Waals surface area contributed by atoms with Crippen molar-refractivity contribution in [3.05, 3.63) is 125 Å². The molecule has 7 rings (SSSR count). The van der Waals surface area contributed by atoms with Gasteiger partial charge in [-0.3, -0.25) is 4.79 Å². The van der Waals surface area contributed by atoms with Gasteiger partial charge < -0.3 is 10.3 Å². The Bertz CT molecular complexity index is 1810. The van der Waals surface area contributed by atoms with E-state index in [1.54, 1.807) is 0 Å². The molecule has 186 valence electrons. The normalized spacial score (nSPS) is 15.1. The van der Waals surface area contributed by atoms with Crippen molar-refractivity contribution in [1.29, 1.82) is 0 Å². The number of benzene rings is 5. The van der Waals surface area contributed by atoms with Crippen LogP contribution in [0.1, 0.15) is 40.2 Å². The Hall–Kier alpha value is -4.08. The number of fused-ring (bicyclic) bond motifs is 3. The van der Waals surface area contributed by atoms with Crippen LogP contribution in [-0.2, 0) is 0 Å². The summed E-state index contributed by atoms with van der Waals surface area (Å²) in [4.78, 5) is 15.9. The zero-order valence-electron chi connectivity index (χ0n) is 20.8. The van der Waals surface area contributed by atoms with Crippen molar-refractivity contribution >= 4 is 56.0 Å². The number of hydrogen-bond acceptors (Lipinski definition) is 2. The van der Waals surface area contributed by atoms with Crippen molar-refractivity contribution < 1.29 is 4.79 Å². The number of H-pyrrole nitrogens is 1. The number of aromatic nitrogens is 1. The van der Waals surface area contributed by atoms with Crippen molar-refractivity contribution in [3.8, 4) is 0 Å². The third kappa shape index (κ3) is 3.95. The Morgan fingerprint density at radius 1 is 0.789 bits per heavy atom. The Labute approximate surface area is 226 Å². The van der Waals surface area contributed by atoms with Gasteiger partial charge >= 0.3 is 0 Å². The molecule has 0 spiro atoms. The number of halogens is 1. The second kappa shape index (κ2) is 9.34. The lowest BCUT2D eigenvalue weighted by Crippen LogP contribution is -2.31. The minimum Gasteiger partial charge on any atom is -0.380 e. The van der Waals surface area contributed by atoms with E-state index in [0.29, 0.717) is 5.92 Å². The Kier molecular flexibility index (Phi) is 5.67. The fourth-order valence-electron chi connectivity index (χ4n) is 6.11. The highest BCUT2D eigenvalue weighted by Gasteiger charge is 2.40. The lowest BCUT2D eigenvalue weighted by atomic mass is 9.80.